The predicted octanol–water partition coefficient (Wildman–Crippen LogP) is 2.75. The molecular formula is C17H27N3. The van der Waals surface area contributed by atoms with Crippen molar-refractivity contribution >= 4 is 0 Å². The number of piperazine rings is 1. The Morgan fingerprint density at radius 1 is 1.40 bits per heavy atom. The van der Waals surface area contributed by atoms with Crippen LogP contribution in [0.4, 0.5) is 0 Å². The van der Waals surface area contributed by atoms with Gasteiger partial charge in [-0.3, -0.25) is 9.88 Å². The fourth-order valence-electron chi connectivity index (χ4n) is 3.82. The van der Waals surface area contributed by atoms with Gasteiger partial charge in [0.05, 0.1) is 5.69 Å². The third-order valence-electron chi connectivity index (χ3n) is 5.18. The van der Waals surface area contributed by atoms with Gasteiger partial charge in [-0.25, -0.2) is 0 Å². The van der Waals surface area contributed by atoms with Gasteiger partial charge < -0.3 is 5.32 Å². The average molecular weight is 273 g/mol. The number of nitrogens with zero attached hydrogens (tertiary/aromatic N) is 2. The molecule has 2 fully saturated rings. The summed E-state index contributed by atoms with van der Waals surface area (Å²) in [7, 11) is 0. The van der Waals surface area contributed by atoms with Crippen LogP contribution in [0.1, 0.15) is 50.8 Å². The van der Waals surface area contributed by atoms with Crippen LogP contribution in [-0.2, 0) is 13.0 Å². The van der Waals surface area contributed by atoms with Gasteiger partial charge in [-0.15, -0.1) is 0 Å². The molecule has 1 saturated carbocycles. The van der Waals surface area contributed by atoms with Crippen molar-refractivity contribution in [3.05, 3.63) is 29.6 Å². The molecule has 1 aliphatic heterocycles. The lowest BCUT2D eigenvalue weighted by Gasteiger charge is -2.45. The third kappa shape index (κ3) is 2.75. The second-order valence-electron chi connectivity index (χ2n) is 6.59. The van der Waals surface area contributed by atoms with Gasteiger partial charge in [-0.05, 0) is 37.8 Å². The summed E-state index contributed by atoms with van der Waals surface area (Å²) in [6.07, 6.45) is 8.48. The molecule has 3 rings (SSSR count). The molecule has 1 atom stereocenters. The van der Waals surface area contributed by atoms with Gasteiger partial charge in [-0.2, -0.15) is 0 Å². The van der Waals surface area contributed by atoms with E-state index in [1.54, 1.807) is 0 Å². The highest BCUT2D eigenvalue weighted by Gasteiger charge is 2.39. The van der Waals surface area contributed by atoms with Gasteiger partial charge in [0.15, 0.2) is 0 Å². The molecule has 1 aromatic rings. The van der Waals surface area contributed by atoms with E-state index in [0.717, 1.165) is 19.5 Å². The Hall–Kier alpha value is -0.930. The van der Waals surface area contributed by atoms with E-state index >= 15 is 0 Å². The highest BCUT2D eigenvalue weighted by atomic mass is 15.3. The second-order valence-corrected chi connectivity index (χ2v) is 6.59. The van der Waals surface area contributed by atoms with E-state index < -0.39 is 0 Å². The highest BCUT2D eigenvalue weighted by Crippen LogP contribution is 2.33. The van der Waals surface area contributed by atoms with Crippen molar-refractivity contribution in [2.75, 3.05) is 13.1 Å². The highest BCUT2D eigenvalue weighted by molar-refractivity contribution is 5.20. The minimum Gasteiger partial charge on any atom is -0.308 e. The normalized spacial score (nSPS) is 26.2. The standard InChI is InChI=1S/C17H27N3/c1-3-15-7-6-10-18-16(15)12-20-13-17(8-4-5-9-17)19-11-14(20)2/h6-7,10,14,19H,3-5,8-9,11-13H2,1-2H3. The summed E-state index contributed by atoms with van der Waals surface area (Å²) < 4.78 is 0. The van der Waals surface area contributed by atoms with Crippen LogP contribution >= 0.6 is 0 Å². The molecule has 0 radical (unpaired) electrons. The molecule has 110 valence electrons. The Kier molecular flexibility index (Phi) is 4.08. The molecule has 0 amide bonds. The molecule has 1 aromatic heterocycles. The van der Waals surface area contributed by atoms with E-state index in [1.807, 2.05) is 6.20 Å². The fourth-order valence-corrected chi connectivity index (χ4v) is 3.82. The minimum atomic E-state index is 0.396. The van der Waals surface area contributed by atoms with Crippen LogP contribution < -0.4 is 5.32 Å². The zero-order valence-electron chi connectivity index (χ0n) is 12.9. The molecule has 1 unspecified atom stereocenters. The van der Waals surface area contributed by atoms with Gasteiger partial charge in [0.2, 0.25) is 0 Å². The molecule has 0 bridgehead atoms. The molecule has 0 aromatic carbocycles. The first-order chi connectivity index (χ1) is 9.72. The molecule has 1 saturated heterocycles. The Morgan fingerprint density at radius 2 is 2.20 bits per heavy atom. The third-order valence-corrected chi connectivity index (χ3v) is 5.18. The lowest BCUT2D eigenvalue weighted by atomic mass is 9.92. The zero-order valence-corrected chi connectivity index (χ0v) is 12.9. The van der Waals surface area contributed by atoms with Gasteiger partial charge in [-0.1, -0.05) is 25.8 Å². The number of nitrogens with one attached hydrogen (secondary N) is 1. The van der Waals surface area contributed by atoms with Crippen LogP contribution in [0.3, 0.4) is 0 Å². The topological polar surface area (TPSA) is 28.2 Å². The summed E-state index contributed by atoms with van der Waals surface area (Å²) in [5, 5.41) is 3.83. The molecule has 1 spiro atoms. The van der Waals surface area contributed by atoms with E-state index in [1.165, 1.54) is 43.5 Å². The Balaban J connectivity index is 1.74. The maximum absolute atomic E-state index is 4.63. The maximum atomic E-state index is 4.63. The first kappa shape index (κ1) is 14.0. The second kappa shape index (κ2) is 5.82. The first-order valence-corrected chi connectivity index (χ1v) is 8.14. The molecule has 1 aliphatic carbocycles. The summed E-state index contributed by atoms with van der Waals surface area (Å²) in [5.41, 5.74) is 3.07. The van der Waals surface area contributed by atoms with Crippen LogP contribution in [0.25, 0.3) is 0 Å². The molecule has 3 heteroatoms. The van der Waals surface area contributed by atoms with Crippen molar-refractivity contribution < 1.29 is 0 Å². The molecule has 1 N–H and O–H groups in total. The van der Waals surface area contributed by atoms with Gasteiger partial charge >= 0.3 is 0 Å². The molecule has 20 heavy (non-hydrogen) atoms. The quantitative estimate of drug-likeness (QED) is 0.918. The number of rotatable bonds is 3. The number of aryl methyl sites for hydroxylation is 1. The Labute approximate surface area is 122 Å². The van der Waals surface area contributed by atoms with E-state index in [0.29, 0.717) is 11.6 Å². The van der Waals surface area contributed by atoms with Crippen molar-refractivity contribution in [2.45, 2.75) is 64.1 Å². The summed E-state index contributed by atoms with van der Waals surface area (Å²) >= 11 is 0. The van der Waals surface area contributed by atoms with Crippen molar-refractivity contribution in [3.8, 4) is 0 Å². The maximum Gasteiger partial charge on any atom is 0.0575 e. The Bertz CT molecular complexity index is 451. The molecule has 3 nitrogen and oxygen atoms in total. The monoisotopic (exact) mass is 273 g/mol. The molecule has 2 aliphatic rings. The lowest BCUT2D eigenvalue weighted by molar-refractivity contribution is 0.0813. The lowest BCUT2D eigenvalue weighted by Crippen LogP contribution is -2.62. The van der Waals surface area contributed by atoms with E-state index in [4.69, 9.17) is 0 Å². The van der Waals surface area contributed by atoms with E-state index in [-0.39, 0.29) is 0 Å². The number of hydrogen-bond donors (Lipinski definition) is 1. The summed E-state index contributed by atoms with van der Waals surface area (Å²) in [5.74, 6) is 0. The Morgan fingerprint density at radius 3 is 2.95 bits per heavy atom. The largest absolute Gasteiger partial charge is 0.308 e. The van der Waals surface area contributed by atoms with Crippen LogP contribution in [0, 0.1) is 0 Å². The van der Waals surface area contributed by atoms with Crippen molar-refractivity contribution in [1.29, 1.82) is 0 Å². The van der Waals surface area contributed by atoms with Crippen LogP contribution in [0.2, 0.25) is 0 Å². The summed E-state index contributed by atoms with van der Waals surface area (Å²) in [4.78, 5) is 7.27. The van der Waals surface area contributed by atoms with Gasteiger partial charge in [0, 0.05) is 37.4 Å². The van der Waals surface area contributed by atoms with Gasteiger partial charge in [0.1, 0.15) is 0 Å². The van der Waals surface area contributed by atoms with E-state index in [9.17, 15) is 0 Å². The zero-order chi connectivity index (χ0) is 14.0. The smallest absolute Gasteiger partial charge is 0.0575 e. The molecule has 2 heterocycles. The molecular weight excluding hydrogens is 246 g/mol. The van der Waals surface area contributed by atoms with Crippen LogP contribution in [0.15, 0.2) is 18.3 Å². The number of aromatic nitrogens is 1. The van der Waals surface area contributed by atoms with Crippen LogP contribution in [-0.4, -0.2) is 34.6 Å². The number of pyridine rings is 1. The fraction of sp³-hybridized carbons (Fsp3) is 0.706. The van der Waals surface area contributed by atoms with Crippen molar-refractivity contribution in [3.63, 3.8) is 0 Å². The van der Waals surface area contributed by atoms with Crippen molar-refractivity contribution in [1.82, 2.24) is 15.2 Å². The predicted molar refractivity (Wildman–Crippen MR) is 82.7 cm³/mol. The average Bonchev–Trinajstić information content (AvgIpc) is 2.92. The van der Waals surface area contributed by atoms with Crippen molar-refractivity contribution in [2.24, 2.45) is 0 Å². The van der Waals surface area contributed by atoms with E-state index in [2.05, 4.69) is 41.2 Å². The SMILES string of the molecule is CCc1cccnc1CN1CC2(CCCC2)NCC1C. The summed E-state index contributed by atoms with van der Waals surface area (Å²) in [6.45, 7) is 7.88. The summed E-state index contributed by atoms with van der Waals surface area (Å²) in [6, 6.07) is 4.88. The number of hydrogen-bond acceptors (Lipinski definition) is 3. The minimum absolute atomic E-state index is 0.396. The first-order valence-electron chi connectivity index (χ1n) is 8.14. The van der Waals surface area contributed by atoms with Gasteiger partial charge in [0.25, 0.3) is 0 Å². The van der Waals surface area contributed by atoms with Crippen LogP contribution in [0.5, 0.6) is 0 Å².